The number of hydrogen-bond acceptors (Lipinski definition) is 3. The first-order valence-corrected chi connectivity index (χ1v) is 16.0. The van der Waals surface area contributed by atoms with E-state index in [1.165, 1.54) is 11.1 Å². The van der Waals surface area contributed by atoms with Crippen LogP contribution in [0.25, 0.3) is 11.1 Å². The van der Waals surface area contributed by atoms with Gasteiger partial charge in [-0.05, 0) is 97.4 Å². The summed E-state index contributed by atoms with van der Waals surface area (Å²) in [5.74, 6) is 1.21. The lowest BCUT2D eigenvalue weighted by molar-refractivity contribution is -0.142. The van der Waals surface area contributed by atoms with Crippen LogP contribution >= 0.6 is 0 Å². The van der Waals surface area contributed by atoms with Crippen molar-refractivity contribution >= 4 is 25.4 Å². The van der Waals surface area contributed by atoms with E-state index in [9.17, 15) is 4.79 Å². The lowest BCUT2D eigenvalue weighted by Crippen LogP contribution is -2.43. The number of carbonyl (C=O) groups is 1. The third-order valence-corrected chi connectivity index (χ3v) is 11.4. The molecule has 37 heavy (non-hydrogen) atoms. The van der Waals surface area contributed by atoms with Gasteiger partial charge in [0.15, 0.2) is 0 Å². The number of ether oxygens (including phenoxy) is 1. The van der Waals surface area contributed by atoms with Gasteiger partial charge in [0.25, 0.3) is 0 Å². The van der Waals surface area contributed by atoms with Crippen LogP contribution in [0.15, 0.2) is 78.9 Å². The Kier molecular flexibility index (Phi) is 8.54. The summed E-state index contributed by atoms with van der Waals surface area (Å²) < 4.78 is 12.3. The van der Waals surface area contributed by atoms with Crippen molar-refractivity contribution in [1.29, 1.82) is 0 Å². The van der Waals surface area contributed by atoms with Crippen LogP contribution in [-0.2, 0) is 4.79 Å². The van der Waals surface area contributed by atoms with Gasteiger partial charge >= 0.3 is 5.97 Å². The molecule has 0 amide bonds. The minimum atomic E-state index is -1.93. The molecule has 0 saturated carbocycles. The lowest BCUT2D eigenvalue weighted by Gasteiger charge is -2.36. The van der Waals surface area contributed by atoms with Gasteiger partial charge in [-0.25, -0.2) is 0 Å². The summed E-state index contributed by atoms with van der Waals surface area (Å²) in [5.41, 5.74) is 5.08. The standard InChI is InChI=1S/C33H42O3Si/c1-10-29(24-15-12-11-13-16-24)30(26-17-14-18-28(23-26)35-31(34)32(2,3)4)25-19-21-27(22-20-25)36-37(8,9)33(5,6)7/h11-23H,10H2,1-9H3/b30-29+. The molecule has 0 aliphatic heterocycles. The molecule has 0 heterocycles. The molecule has 0 aliphatic carbocycles. The highest BCUT2D eigenvalue weighted by Crippen LogP contribution is 2.39. The second kappa shape index (κ2) is 11.1. The Labute approximate surface area is 224 Å². The van der Waals surface area contributed by atoms with Crippen molar-refractivity contribution in [3.63, 3.8) is 0 Å². The van der Waals surface area contributed by atoms with Crippen LogP contribution in [0.1, 0.15) is 71.6 Å². The van der Waals surface area contributed by atoms with E-state index in [4.69, 9.17) is 9.16 Å². The quantitative estimate of drug-likeness (QED) is 0.136. The SMILES string of the molecule is CC/C(=C(/c1ccc(O[Si](C)(C)C(C)(C)C)cc1)c1cccc(OC(=O)C(C)(C)C)c1)c1ccccc1. The predicted molar refractivity (Wildman–Crippen MR) is 158 cm³/mol. The maximum absolute atomic E-state index is 12.6. The predicted octanol–water partition coefficient (Wildman–Crippen LogP) is 9.39. The largest absolute Gasteiger partial charge is 0.544 e. The number of carbonyl (C=O) groups excluding carboxylic acids is 1. The lowest BCUT2D eigenvalue weighted by atomic mass is 9.88. The van der Waals surface area contributed by atoms with Crippen molar-refractivity contribution in [3.05, 3.63) is 95.6 Å². The highest BCUT2D eigenvalue weighted by molar-refractivity contribution is 6.74. The maximum Gasteiger partial charge on any atom is 0.316 e. The van der Waals surface area contributed by atoms with Gasteiger partial charge in [-0.1, -0.05) is 82.3 Å². The average Bonchev–Trinajstić information content (AvgIpc) is 2.82. The van der Waals surface area contributed by atoms with E-state index in [0.29, 0.717) is 5.75 Å². The van der Waals surface area contributed by atoms with Crippen molar-refractivity contribution in [2.45, 2.75) is 73.0 Å². The second-order valence-corrected chi connectivity index (χ2v) is 16.9. The molecule has 3 aromatic carbocycles. The summed E-state index contributed by atoms with van der Waals surface area (Å²) in [6.45, 7) is 19.1. The molecule has 0 fully saturated rings. The van der Waals surface area contributed by atoms with Crippen LogP contribution in [-0.4, -0.2) is 14.3 Å². The van der Waals surface area contributed by atoms with E-state index in [1.54, 1.807) is 0 Å². The maximum atomic E-state index is 12.6. The highest BCUT2D eigenvalue weighted by atomic mass is 28.4. The first-order chi connectivity index (χ1) is 17.2. The average molecular weight is 515 g/mol. The molecule has 0 bridgehead atoms. The molecule has 3 aromatic rings. The Bertz CT molecular complexity index is 1240. The summed E-state index contributed by atoms with van der Waals surface area (Å²) >= 11 is 0. The minimum Gasteiger partial charge on any atom is -0.544 e. The first kappa shape index (κ1) is 28.5. The highest BCUT2D eigenvalue weighted by Gasteiger charge is 2.39. The molecule has 0 aromatic heterocycles. The van der Waals surface area contributed by atoms with Crippen LogP contribution < -0.4 is 9.16 Å². The normalized spacial score (nSPS) is 13.1. The monoisotopic (exact) mass is 514 g/mol. The summed E-state index contributed by atoms with van der Waals surface area (Å²) in [5, 5.41) is 0.129. The number of esters is 1. The van der Waals surface area contributed by atoms with Gasteiger partial charge < -0.3 is 9.16 Å². The van der Waals surface area contributed by atoms with Gasteiger partial charge in [0.2, 0.25) is 8.32 Å². The van der Waals surface area contributed by atoms with Crippen LogP contribution in [0.4, 0.5) is 0 Å². The second-order valence-electron chi connectivity index (χ2n) is 12.1. The van der Waals surface area contributed by atoms with Crippen molar-refractivity contribution in [2.24, 2.45) is 5.41 Å². The molecule has 3 nitrogen and oxygen atoms in total. The fourth-order valence-corrected chi connectivity index (χ4v) is 4.82. The molecule has 3 rings (SSSR count). The van der Waals surface area contributed by atoms with Crippen LogP contribution in [0.5, 0.6) is 11.5 Å². The van der Waals surface area contributed by atoms with Crippen molar-refractivity contribution in [1.82, 2.24) is 0 Å². The number of benzene rings is 3. The molecular formula is C33H42O3Si. The molecule has 0 unspecified atom stereocenters. The summed E-state index contributed by atoms with van der Waals surface area (Å²) in [4.78, 5) is 12.6. The summed E-state index contributed by atoms with van der Waals surface area (Å²) in [6, 6.07) is 26.8. The zero-order valence-corrected chi connectivity index (χ0v) is 24.9. The summed E-state index contributed by atoms with van der Waals surface area (Å²) in [7, 11) is -1.93. The van der Waals surface area contributed by atoms with Gasteiger partial charge in [-0.3, -0.25) is 4.79 Å². The molecule has 4 heteroatoms. The van der Waals surface area contributed by atoms with Crippen LogP contribution in [0.3, 0.4) is 0 Å². The summed E-state index contributed by atoms with van der Waals surface area (Å²) in [6.07, 6.45) is 0.855. The molecule has 0 N–H and O–H groups in total. The van der Waals surface area contributed by atoms with Gasteiger partial charge in [-0.2, -0.15) is 0 Å². The Hall–Kier alpha value is -3.11. The Morgan fingerprint density at radius 3 is 1.86 bits per heavy atom. The van der Waals surface area contributed by atoms with Gasteiger partial charge in [0.1, 0.15) is 11.5 Å². The minimum absolute atomic E-state index is 0.129. The smallest absolute Gasteiger partial charge is 0.316 e. The fraction of sp³-hybridized carbons (Fsp3) is 0.364. The Morgan fingerprint density at radius 2 is 1.32 bits per heavy atom. The molecule has 0 atom stereocenters. The van der Waals surface area contributed by atoms with Gasteiger partial charge in [-0.15, -0.1) is 0 Å². The van der Waals surface area contributed by atoms with Crippen molar-refractivity contribution < 1.29 is 14.0 Å². The number of allylic oxidation sites excluding steroid dienone is 1. The Morgan fingerprint density at radius 1 is 0.730 bits per heavy atom. The first-order valence-electron chi connectivity index (χ1n) is 13.1. The van der Waals surface area contributed by atoms with Crippen molar-refractivity contribution in [2.75, 3.05) is 0 Å². The van der Waals surface area contributed by atoms with Gasteiger partial charge in [0.05, 0.1) is 5.41 Å². The fourth-order valence-electron chi connectivity index (χ4n) is 3.79. The van der Waals surface area contributed by atoms with E-state index in [2.05, 4.69) is 95.4 Å². The molecule has 0 spiro atoms. The van der Waals surface area contributed by atoms with Crippen molar-refractivity contribution in [3.8, 4) is 11.5 Å². The molecule has 0 radical (unpaired) electrons. The number of rotatable bonds is 7. The van der Waals surface area contributed by atoms with Crippen LogP contribution in [0, 0.1) is 5.41 Å². The zero-order valence-electron chi connectivity index (χ0n) is 23.9. The van der Waals surface area contributed by atoms with E-state index < -0.39 is 13.7 Å². The van der Waals surface area contributed by atoms with E-state index in [0.717, 1.165) is 28.9 Å². The molecular weight excluding hydrogens is 472 g/mol. The van der Waals surface area contributed by atoms with Crippen LogP contribution in [0.2, 0.25) is 18.1 Å². The van der Waals surface area contributed by atoms with E-state index in [1.807, 2.05) is 45.0 Å². The van der Waals surface area contributed by atoms with E-state index >= 15 is 0 Å². The third-order valence-electron chi connectivity index (χ3n) is 7.05. The molecule has 196 valence electrons. The topological polar surface area (TPSA) is 35.5 Å². The zero-order chi connectivity index (χ0) is 27.4. The van der Waals surface area contributed by atoms with E-state index in [-0.39, 0.29) is 11.0 Å². The molecule has 0 saturated heterocycles. The number of hydrogen-bond donors (Lipinski definition) is 0. The Balaban J connectivity index is 2.11. The third kappa shape index (κ3) is 7.01. The molecule has 0 aliphatic rings. The van der Waals surface area contributed by atoms with Gasteiger partial charge in [0, 0.05) is 0 Å².